The highest BCUT2D eigenvalue weighted by Gasteiger charge is 2.26. The smallest absolute Gasteiger partial charge is 0.395 e. The summed E-state index contributed by atoms with van der Waals surface area (Å²) in [5.74, 6) is -0.870. The fraction of sp³-hybridized carbons (Fsp3) is 0.333. The molecular weight excluding hydrogens is 352 g/mol. The summed E-state index contributed by atoms with van der Waals surface area (Å²) >= 11 is 0. The Morgan fingerprint density at radius 1 is 1.04 bits per heavy atom. The highest BCUT2D eigenvalue weighted by Crippen LogP contribution is 2.21. The van der Waals surface area contributed by atoms with E-state index >= 15 is 0 Å². The summed E-state index contributed by atoms with van der Waals surface area (Å²) in [6.45, 7) is 2.20. The van der Waals surface area contributed by atoms with Gasteiger partial charge in [0.15, 0.2) is 5.76 Å². The second-order valence-electron chi connectivity index (χ2n) is 6.42. The maximum absolute atomic E-state index is 12.4. The molecule has 0 unspecified atom stereocenters. The monoisotopic (exact) mass is 372 g/mol. The van der Waals surface area contributed by atoms with Gasteiger partial charge in [0.05, 0.1) is 6.07 Å². The zero-order valence-electron chi connectivity index (χ0n) is 15.1. The standard InChI is InChI=1S/C18H20N4O5/c1-19(2)17(23)13-3-5-14(6-4-13)20-9-11-21(12-10-20)18(24)15-7-8-16(27-15)22(25)26/h3-8H,9-12H2,1-2H3. The van der Waals surface area contributed by atoms with Crippen LogP contribution in [0.1, 0.15) is 20.9 Å². The van der Waals surface area contributed by atoms with Crippen molar-refractivity contribution in [2.45, 2.75) is 0 Å². The highest BCUT2D eigenvalue weighted by molar-refractivity contribution is 5.94. The lowest BCUT2D eigenvalue weighted by atomic mass is 10.1. The molecule has 1 aliphatic rings. The predicted molar refractivity (Wildman–Crippen MR) is 97.9 cm³/mol. The summed E-state index contributed by atoms with van der Waals surface area (Å²) in [5, 5.41) is 10.7. The number of hydrogen-bond donors (Lipinski definition) is 0. The minimum atomic E-state index is -0.667. The number of amides is 2. The molecule has 9 heteroatoms. The molecule has 2 aromatic rings. The van der Waals surface area contributed by atoms with Gasteiger partial charge in [-0.05, 0) is 30.3 Å². The van der Waals surface area contributed by atoms with Gasteiger partial charge < -0.3 is 19.1 Å². The summed E-state index contributed by atoms with van der Waals surface area (Å²) in [6, 6.07) is 9.87. The van der Waals surface area contributed by atoms with E-state index in [0.717, 1.165) is 5.69 Å². The zero-order valence-corrected chi connectivity index (χ0v) is 15.1. The van der Waals surface area contributed by atoms with Crippen LogP contribution < -0.4 is 4.90 Å². The van der Waals surface area contributed by atoms with Crippen molar-refractivity contribution in [1.29, 1.82) is 0 Å². The number of nitro groups is 1. The fourth-order valence-corrected chi connectivity index (χ4v) is 2.94. The van der Waals surface area contributed by atoms with Crippen LogP contribution in [-0.4, -0.2) is 66.8 Å². The largest absolute Gasteiger partial charge is 0.433 e. The lowest BCUT2D eigenvalue weighted by Gasteiger charge is -2.35. The minimum Gasteiger partial charge on any atom is -0.395 e. The molecule has 2 amide bonds. The maximum atomic E-state index is 12.4. The van der Waals surface area contributed by atoms with Crippen LogP contribution in [0.15, 0.2) is 40.8 Å². The van der Waals surface area contributed by atoms with Gasteiger partial charge in [-0.15, -0.1) is 0 Å². The average molecular weight is 372 g/mol. The summed E-state index contributed by atoms with van der Waals surface area (Å²) in [4.78, 5) is 39.6. The third-order valence-corrected chi connectivity index (χ3v) is 4.44. The molecule has 0 aliphatic carbocycles. The van der Waals surface area contributed by atoms with Gasteiger partial charge in [-0.3, -0.25) is 19.7 Å². The van der Waals surface area contributed by atoms with Gasteiger partial charge in [0, 0.05) is 51.5 Å². The van der Waals surface area contributed by atoms with Crippen molar-refractivity contribution in [2.24, 2.45) is 0 Å². The highest BCUT2D eigenvalue weighted by atomic mass is 16.6. The van der Waals surface area contributed by atoms with Gasteiger partial charge in [0.1, 0.15) is 4.92 Å². The Morgan fingerprint density at radius 2 is 1.67 bits per heavy atom. The van der Waals surface area contributed by atoms with Crippen LogP contribution in [-0.2, 0) is 0 Å². The molecule has 142 valence electrons. The Labute approximate surface area is 155 Å². The predicted octanol–water partition coefficient (Wildman–Crippen LogP) is 1.85. The topological polar surface area (TPSA) is 100 Å². The van der Waals surface area contributed by atoms with E-state index in [4.69, 9.17) is 4.42 Å². The second-order valence-corrected chi connectivity index (χ2v) is 6.42. The van der Waals surface area contributed by atoms with E-state index in [9.17, 15) is 19.7 Å². The number of carbonyl (C=O) groups excluding carboxylic acids is 2. The number of hydrogen-bond acceptors (Lipinski definition) is 6. The lowest BCUT2D eigenvalue weighted by Crippen LogP contribution is -2.48. The quantitative estimate of drug-likeness (QED) is 0.600. The lowest BCUT2D eigenvalue weighted by molar-refractivity contribution is -0.402. The first-order chi connectivity index (χ1) is 12.9. The van der Waals surface area contributed by atoms with Crippen LogP contribution in [0.3, 0.4) is 0 Å². The van der Waals surface area contributed by atoms with Crippen LogP contribution in [0.4, 0.5) is 11.6 Å². The van der Waals surface area contributed by atoms with Gasteiger partial charge >= 0.3 is 5.88 Å². The number of piperazine rings is 1. The summed E-state index contributed by atoms with van der Waals surface area (Å²) in [7, 11) is 3.42. The molecule has 0 atom stereocenters. The van der Waals surface area contributed by atoms with Crippen molar-refractivity contribution < 1.29 is 18.9 Å². The van der Waals surface area contributed by atoms with Gasteiger partial charge in [0.2, 0.25) is 0 Å². The van der Waals surface area contributed by atoms with Crippen LogP contribution in [0, 0.1) is 10.1 Å². The van der Waals surface area contributed by atoms with Gasteiger partial charge in [0.25, 0.3) is 11.8 Å². The zero-order chi connectivity index (χ0) is 19.6. The molecule has 9 nitrogen and oxygen atoms in total. The third-order valence-electron chi connectivity index (χ3n) is 4.44. The number of nitrogens with zero attached hydrogens (tertiary/aromatic N) is 4. The maximum Gasteiger partial charge on any atom is 0.433 e. The van der Waals surface area contributed by atoms with Crippen molar-refractivity contribution in [1.82, 2.24) is 9.80 Å². The van der Waals surface area contributed by atoms with E-state index in [1.807, 2.05) is 12.1 Å². The summed E-state index contributed by atoms with van der Waals surface area (Å²) < 4.78 is 4.99. The van der Waals surface area contributed by atoms with E-state index in [1.54, 1.807) is 31.1 Å². The molecule has 1 aliphatic heterocycles. The second kappa shape index (κ2) is 7.48. The minimum absolute atomic E-state index is 0.0262. The molecule has 1 fully saturated rings. The van der Waals surface area contributed by atoms with E-state index in [0.29, 0.717) is 31.7 Å². The Kier molecular flexibility index (Phi) is 5.11. The van der Waals surface area contributed by atoms with Crippen LogP contribution in [0.5, 0.6) is 0 Å². The van der Waals surface area contributed by atoms with Crippen molar-refractivity contribution >= 4 is 23.4 Å². The molecule has 0 bridgehead atoms. The molecular formula is C18H20N4O5. The Hall–Kier alpha value is -3.36. The number of anilines is 1. The van der Waals surface area contributed by atoms with Crippen molar-refractivity contribution in [2.75, 3.05) is 45.2 Å². The first kappa shape index (κ1) is 18.4. The van der Waals surface area contributed by atoms with Crippen LogP contribution >= 0.6 is 0 Å². The van der Waals surface area contributed by atoms with Crippen molar-refractivity contribution in [3.05, 3.63) is 57.8 Å². The number of benzene rings is 1. The molecule has 3 rings (SSSR count). The van der Waals surface area contributed by atoms with Crippen molar-refractivity contribution in [3.63, 3.8) is 0 Å². The Balaban J connectivity index is 1.60. The molecule has 0 radical (unpaired) electrons. The normalized spacial score (nSPS) is 14.1. The Bertz CT molecular complexity index is 851. The van der Waals surface area contributed by atoms with Gasteiger partial charge in [-0.2, -0.15) is 0 Å². The van der Waals surface area contributed by atoms with E-state index < -0.39 is 10.8 Å². The molecule has 1 aromatic heterocycles. The van der Waals surface area contributed by atoms with Crippen LogP contribution in [0.2, 0.25) is 0 Å². The number of rotatable bonds is 4. The molecule has 2 heterocycles. The molecule has 0 spiro atoms. The number of carbonyl (C=O) groups is 2. The van der Waals surface area contributed by atoms with E-state index in [1.165, 1.54) is 17.0 Å². The molecule has 1 aromatic carbocycles. The van der Waals surface area contributed by atoms with Crippen LogP contribution in [0.25, 0.3) is 0 Å². The first-order valence-corrected chi connectivity index (χ1v) is 8.47. The molecule has 1 saturated heterocycles. The van der Waals surface area contributed by atoms with Gasteiger partial charge in [-0.25, -0.2) is 0 Å². The Morgan fingerprint density at radius 3 is 2.19 bits per heavy atom. The number of furan rings is 1. The first-order valence-electron chi connectivity index (χ1n) is 8.47. The van der Waals surface area contributed by atoms with Gasteiger partial charge in [-0.1, -0.05) is 0 Å². The fourth-order valence-electron chi connectivity index (χ4n) is 2.94. The van der Waals surface area contributed by atoms with Crippen molar-refractivity contribution in [3.8, 4) is 0 Å². The SMILES string of the molecule is CN(C)C(=O)c1ccc(N2CCN(C(=O)c3ccc([N+](=O)[O-])o3)CC2)cc1. The van der Waals surface area contributed by atoms with E-state index in [-0.39, 0.29) is 17.6 Å². The third kappa shape index (κ3) is 3.91. The molecule has 0 N–H and O–H groups in total. The summed E-state index contributed by atoms with van der Waals surface area (Å²) in [6.07, 6.45) is 0. The molecule has 27 heavy (non-hydrogen) atoms. The summed E-state index contributed by atoms with van der Waals surface area (Å²) in [5.41, 5.74) is 1.60. The van der Waals surface area contributed by atoms with E-state index in [2.05, 4.69) is 4.90 Å². The average Bonchev–Trinajstić information content (AvgIpc) is 3.17. The molecule has 0 saturated carbocycles.